The zero-order valence-corrected chi connectivity index (χ0v) is 19.0. The van der Waals surface area contributed by atoms with E-state index in [1.54, 1.807) is 49.4 Å². The van der Waals surface area contributed by atoms with Crippen LogP contribution >= 0.6 is 11.6 Å². The lowest BCUT2D eigenvalue weighted by atomic mass is 10.0. The van der Waals surface area contributed by atoms with E-state index in [1.807, 2.05) is 30.5 Å². The van der Waals surface area contributed by atoms with Crippen LogP contribution in [0.3, 0.4) is 0 Å². The Balaban J connectivity index is 1.43. The summed E-state index contributed by atoms with van der Waals surface area (Å²) in [5, 5.41) is 7.06. The van der Waals surface area contributed by atoms with E-state index in [1.165, 1.54) is 0 Å². The zero-order valence-electron chi connectivity index (χ0n) is 18.3. The number of aromatic nitrogens is 2. The molecule has 0 aliphatic heterocycles. The van der Waals surface area contributed by atoms with Crippen molar-refractivity contribution in [1.82, 2.24) is 15.3 Å². The molecule has 3 aromatic carbocycles. The van der Waals surface area contributed by atoms with Crippen molar-refractivity contribution in [3.05, 3.63) is 95.0 Å². The highest BCUT2D eigenvalue weighted by Crippen LogP contribution is 2.22. The average Bonchev–Trinajstić information content (AvgIpc) is 3.41. The second-order valence-electron chi connectivity index (χ2n) is 7.97. The van der Waals surface area contributed by atoms with Crippen LogP contribution in [0.5, 0.6) is 0 Å². The predicted molar refractivity (Wildman–Crippen MR) is 132 cm³/mol. The zero-order chi connectivity index (χ0) is 23.7. The van der Waals surface area contributed by atoms with Crippen molar-refractivity contribution in [2.45, 2.75) is 19.4 Å². The molecule has 8 heteroatoms. The summed E-state index contributed by atoms with van der Waals surface area (Å²) in [6.07, 6.45) is 2.15. The number of halogens is 1. The van der Waals surface area contributed by atoms with E-state index >= 15 is 0 Å². The third kappa shape index (κ3) is 4.38. The molecule has 0 fully saturated rings. The number of oxazole rings is 1. The maximum Gasteiger partial charge on any atom is 0.253 e. The number of benzene rings is 3. The molecule has 0 aliphatic rings. The van der Waals surface area contributed by atoms with Crippen molar-refractivity contribution in [2.75, 3.05) is 5.32 Å². The minimum Gasteiger partial charge on any atom is -0.441 e. The Hall–Kier alpha value is -4.10. The molecule has 0 saturated carbocycles. The van der Waals surface area contributed by atoms with Gasteiger partial charge in [0, 0.05) is 36.1 Å². The molecule has 2 amide bonds. The highest BCUT2D eigenvalue weighted by Gasteiger charge is 2.24. The lowest BCUT2D eigenvalue weighted by Gasteiger charge is -2.19. The van der Waals surface area contributed by atoms with E-state index in [0.717, 1.165) is 16.5 Å². The number of H-pyrrole nitrogens is 1. The van der Waals surface area contributed by atoms with Gasteiger partial charge in [-0.3, -0.25) is 9.59 Å². The van der Waals surface area contributed by atoms with Crippen molar-refractivity contribution in [3.8, 4) is 0 Å². The number of nitrogens with one attached hydrogen (secondary N) is 3. The fourth-order valence-electron chi connectivity index (χ4n) is 3.96. The average molecular weight is 473 g/mol. The van der Waals surface area contributed by atoms with Crippen molar-refractivity contribution in [2.24, 2.45) is 0 Å². The standard InChI is InChI=1S/C26H21ClN4O3/c1-15-29-22-13-17(10-11-24(22)34-15)30-26(33)23(31-25(32)19-7-2-4-8-20(19)27)12-16-14-28-21-9-5-3-6-18(16)21/h2-11,13-14,23,28H,12H2,1H3,(H,30,33)(H,31,32). The van der Waals surface area contributed by atoms with Crippen LogP contribution in [0.1, 0.15) is 21.8 Å². The normalized spacial score (nSPS) is 12.1. The monoisotopic (exact) mass is 472 g/mol. The highest BCUT2D eigenvalue weighted by atomic mass is 35.5. The molecule has 2 heterocycles. The number of para-hydroxylation sites is 1. The fraction of sp³-hybridized carbons (Fsp3) is 0.115. The number of nitrogens with zero attached hydrogens (tertiary/aromatic N) is 1. The molecule has 3 N–H and O–H groups in total. The number of aryl methyl sites for hydroxylation is 1. The molecule has 5 aromatic rings. The van der Waals surface area contributed by atoms with E-state index < -0.39 is 11.9 Å². The topological polar surface area (TPSA) is 100 Å². The van der Waals surface area contributed by atoms with Gasteiger partial charge in [-0.25, -0.2) is 4.98 Å². The van der Waals surface area contributed by atoms with Gasteiger partial charge >= 0.3 is 0 Å². The van der Waals surface area contributed by atoms with Crippen LogP contribution in [0, 0.1) is 6.92 Å². The van der Waals surface area contributed by atoms with E-state index in [2.05, 4.69) is 20.6 Å². The maximum absolute atomic E-state index is 13.4. The predicted octanol–water partition coefficient (Wildman–Crippen LogP) is 5.25. The summed E-state index contributed by atoms with van der Waals surface area (Å²) >= 11 is 6.21. The Kier molecular flexibility index (Phi) is 5.77. The van der Waals surface area contributed by atoms with E-state index in [9.17, 15) is 9.59 Å². The maximum atomic E-state index is 13.4. The first-order valence-electron chi connectivity index (χ1n) is 10.8. The second kappa shape index (κ2) is 9.03. The number of rotatable bonds is 6. The van der Waals surface area contributed by atoms with Gasteiger partial charge in [0.1, 0.15) is 11.6 Å². The third-order valence-electron chi connectivity index (χ3n) is 5.60. The summed E-state index contributed by atoms with van der Waals surface area (Å²) in [7, 11) is 0. The molecule has 0 saturated heterocycles. The Labute approximate surface area is 200 Å². The van der Waals surface area contributed by atoms with Gasteiger partial charge in [0.2, 0.25) is 5.91 Å². The summed E-state index contributed by atoms with van der Waals surface area (Å²) in [5.74, 6) is -0.235. The van der Waals surface area contributed by atoms with Gasteiger partial charge < -0.3 is 20.0 Å². The molecule has 7 nitrogen and oxygen atoms in total. The molecule has 0 aliphatic carbocycles. The van der Waals surface area contributed by atoms with Gasteiger partial charge in [-0.15, -0.1) is 0 Å². The number of carbonyl (C=O) groups excluding carboxylic acids is 2. The third-order valence-corrected chi connectivity index (χ3v) is 5.93. The Morgan fingerprint density at radius 3 is 2.74 bits per heavy atom. The first-order valence-corrected chi connectivity index (χ1v) is 11.1. The Morgan fingerprint density at radius 1 is 1.09 bits per heavy atom. The molecule has 0 spiro atoms. The molecule has 1 unspecified atom stereocenters. The Morgan fingerprint density at radius 2 is 1.88 bits per heavy atom. The summed E-state index contributed by atoms with van der Waals surface area (Å²) in [6.45, 7) is 1.76. The number of aromatic amines is 1. The first kappa shape index (κ1) is 21.7. The van der Waals surface area contributed by atoms with E-state index in [-0.39, 0.29) is 12.3 Å². The summed E-state index contributed by atoms with van der Waals surface area (Å²) in [5.41, 5.74) is 4.02. The van der Waals surface area contributed by atoms with Crippen molar-refractivity contribution in [1.29, 1.82) is 0 Å². The molecule has 0 bridgehead atoms. The molecular weight excluding hydrogens is 452 g/mol. The number of hydrogen-bond donors (Lipinski definition) is 3. The van der Waals surface area contributed by atoms with Gasteiger partial charge in [0.05, 0.1) is 10.6 Å². The fourth-order valence-corrected chi connectivity index (χ4v) is 4.18. The number of hydrogen-bond acceptors (Lipinski definition) is 4. The highest BCUT2D eigenvalue weighted by molar-refractivity contribution is 6.33. The molecule has 34 heavy (non-hydrogen) atoms. The van der Waals surface area contributed by atoms with Crippen LogP contribution in [0.2, 0.25) is 5.02 Å². The van der Waals surface area contributed by atoms with Gasteiger partial charge in [0.25, 0.3) is 5.91 Å². The molecule has 170 valence electrons. The van der Waals surface area contributed by atoms with Crippen LogP contribution in [0.25, 0.3) is 22.0 Å². The number of fused-ring (bicyclic) bond motifs is 2. The number of anilines is 1. The lowest BCUT2D eigenvalue weighted by molar-refractivity contribution is -0.118. The minimum absolute atomic E-state index is 0.289. The van der Waals surface area contributed by atoms with Crippen LogP contribution in [-0.4, -0.2) is 27.8 Å². The number of amides is 2. The van der Waals surface area contributed by atoms with Gasteiger partial charge in [0.15, 0.2) is 11.5 Å². The van der Waals surface area contributed by atoms with Crippen LogP contribution < -0.4 is 10.6 Å². The van der Waals surface area contributed by atoms with E-state index in [0.29, 0.717) is 33.3 Å². The summed E-state index contributed by atoms with van der Waals surface area (Å²) in [4.78, 5) is 33.9. The van der Waals surface area contributed by atoms with E-state index in [4.69, 9.17) is 16.0 Å². The second-order valence-corrected chi connectivity index (χ2v) is 8.38. The molecule has 5 rings (SSSR count). The molecule has 0 radical (unpaired) electrons. The van der Waals surface area contributed by atoms with Gasteiger partial charge in [-0.05, 0) is 42.0 Å². The number of carbonyl (C=O) groups is 2. The van der Waals surface area contributed by atoms with Crippen LogP contribution in [-0.2, 0) is 11.2 Å². The summed E-state index contributed by atoms with van der Waals surface area (Å²) < 4.78 is 5.50. The lowest BCUT2D eigenvalue weighted by Crippen LogP contribution is -2.45. The molecular formula is C26H21ClN4O3. The van der Waals surface area contributed by atoms with Crippen molar-refractivity contribution in [3.63, 3.8) is 0 Å². The smallest absolute Gasteiger partial charge is 0.253 e. The molecule has 2 aromatic heterocycles. The SMILES string of the molecule is Cc1nc2cc(NC(=O)C(Cc3c[nH]c4ccccc34)NC(=O)c3ccccc3Cl)ccc2o1. The van der Waals surface area contributed by atoms with Crippen LogP contribution in [0.15, 0.2) is 77.3 Å². The van der Waals surface area contributed by atoms with Gasteiger partial charge in [-0.1, -0.05) is 41.9 Å². The van der Waals surface area contributed by atoms with Crippen molar-refractivity contribution >= 4 is 51.1 Å². The van der Waals surface area contributed by atoms with Crippen LogP contribution in [0.4, 0.5) is 5.69 Å². The Bertz CT molecular complexity index is 1520. The molecule has 1 atom stereocenters. The van der Waals surface area contributed by atoms with Crippen molar-refractivity contribution < 1.29 is 14.0 Å². The largest absolute Gasteiger partial charge is 0.441 e. The minimum atomic E-state index is -0.849. The first-order chi connectivity index (χ1) is 16.5. The summed E-state index contributed by atoms with van der Waals surface area (Å²) in [6, 6.07) is 18.9. The quantitative estimate of drug-likeness (QED) is 0.314. The van der Waals surface area contributed by atoms with Gasteiger partial charge in [-0.2, -0.15) is 0 Å².